The van der Waals surface area contributed by atoms with E-state index in [0.29, 0.717) is 0 Å². The van der Waals surface area contributed by atoms with Gasteiger partial charge in [-0.15, -0.1) is 0 Å². The van der Waals surface area contributed by atoms with Crippen LogP contribution in [0.4, 0.5) is 5.82 Å². The summed E-state index contributed by atoms with van der Waals surface area (Å²) in [5.74, 6) is -0.0490. The second-order valence-electron chi connectivity index (χ2n) is 4.94. The van der Waals surface area contributed by atoms with Gasteiger partial charge in [0.15, 0.2) is 0 Å². The highest BCUT2D eigenvalue weighted by Gasteiger charge is 2.17. The Kier molecular flexibility index (Phi) is 3.52. The fourth-order valence-electron chi connectivity index (χ4n) is 2.66. The number of benzene rings is 1. The number of rotatable bonds is 2. The lowest BCUT2D eigenvalue weighted by Gasteiger charge is -2.23. The molecule has 2 aromatic rings. The van der Waals surface area contributed by atoms with Gasteiger partial charge in [-0.1, -0.05) is 24.3 Å². The lowest BCUT2D eigenvalue weighted by molar-refractivity contribution is 0.0698. The van der Waals surface area contributed by atoms with Gasteiger partial charge >= 0.3 is 5.97 Å². The van der Waals surface area contributed by atoms with Crippen molar-refractivity contribution in [3.8, 4) is 0 Å². The molecule has 3 rings (SSSR count). The Balaban J connectivity index is 2.12. The number of hydrogen-bond acceptors (Lipinski definition) is 4. The Hall–Kier alpha value is -2.14. The summed E-state index contributed by atoms with van der Waals surface area (Å²) in [6.07, 6.45) is 2.54. The van der Waals surface area contributed by atoms with Crippen molar-refractivity contribution >= 4 is 22.6 Å². The minimum atomic E-state index is -0.933. The summed E-state index contributed by atoms with van der Waals surface area (Å²) in [6, 6.07) is 7.58. The van der Waals surface area contributed by atoms with Crippen LogP contribution in [-0.4, -0.2) is 42.2 Å². The van der Waals surface area contributed by atoms with Crippen LogP contribution in [0.5, 0.6) is 0 Å². The summed E-state index contributed by atoms with van der Waals surface area (Å²) in [4.78, 5) is 17.9. The smallest absolute Gasteiger partial charge is 0.337 e. The molecule has 2 N–H and O–H groups in total. The number of pyridine rings is 1. The maximum absolute atomic E-state index is 11.3. The highest BCUT2D eigenvalue weighted by molar-refractivity contribution is 6.06. The Morgan fingerprint density at radius 1 is 1.20 bits per heavy atom. The van der Waals surface area contributed by atoms with E-state index in [1.165, 1.54) is 6.20 Å². The van der Waals surface area contributed by atoms with E-state index >= 15 is 0 Å². The van der Waals surface area contributed by atoms with E-state index < -0.39 is 5.97 Å². The van der Waals surface area contributed by atoms with E-state index in [-0.39, 0.29) is 5.56 Å². The monoisotopic (exact) mass is 271 g/mol. The van der Waals surface area contributed by atoms with E-state index in [2.05, 4.69) is 15.2 Å². The third kappa shape index (κ3) is 2.32. The minimum Gasteiger partial charge on any atom is -0.478 e. The molecule has 0 bridgehead atoms. The Morgan fingerprint density at radius 3 is 2.80 bits per heavy atom. The van der Waals surface area contributed by atoms with Gasteiger partial charge in [0.05, 0.1) is 5.56 Å². The van der Waals surface area contributed by atoms with Crippen LogP contribution in [0, 0.1) is 0 Å². The van der Waals surface area contributed by atoms with Crippen LogP contribution in [-0.2, 0) is 0 Å². The van der Waals surface area contributed by atoms with E-state index in [1.807, 2.05) is 24.3 Å². The molecule has 0 radical (unpaired) electrons. The van der Waals surface area contributed by atoms with Crippen molar-refractivity contribution in [3.63, 3.8) is 0 Å². The molecule has 0 amide bonds. The topological polar surface area (TPSA) is 65.5 Å². The van der Waals surface area contributed by atoms with E-state index in [9.17, 15) is 9.90 Å². The highest BCUT2D eigenvalue weighted by atomic mass is 16.4. The molecule has 0 aliphatic carbocycles. The van der Waals surface area contributed by atoms with Crippen LogP contribution in [0.15, 0.2) is 30.5 Å². The zero-order chi connectivity index (χ0) is 13.9. The van der Waals surface area contributed by atoms with Crippen LogP contribution in [0.1, 0.15) is 16.8 Å². The molecule has 1 saturated heterocycles. The Bertz CT molecular complexity index is 634. The number of hydrogen-bond donors (Lipinski definition) is 2. The van der Waals surface area contributed by atoms with Crippen LogP contribution in [0.25, 0.3) is 10.8 Å². The summed E-state index contributed by atoms with van der Waals surface area (Å²) in [5.41, 5.74) is 0.261. The highest BCUT2D eigenvalue weighted by Crippen LogP contribution is 2.27. The van der Waals surface area contributed by atoms with Gasteiger partial charge in [-0.05, 0) is 13.0 Å². The number of nitrogens with one attached hydrogen (secondary N) is 1. The largest absolute Gasteiger partial charge is 0.478 e. The second-order valence-corrected chi connectivity index (χ2v) is 4.94. The summed E-state index contributed by atoms with van der Waals surface area (Å²) < 4.78 is 0. The first-order valence-corrected chi connectivity index (χ1v) is 6.84. The van der Waals surface area contributed by atoms with Crippen LogP contribution >= 0.6 is 0 Å². The Morgan fingerprint density at radius 2 is 2.00 bits per heavy atom. The molecule has 0 unspecified atom stereocenters. The van der Waals surface area contributed by atoms with Crippen LogP contribution in [0.2, 0.25) is 0 Å². The molecule has 2 heterocycles. The number of nitrogens with zero attached hydrogens (tertiary/aromatic N) is 2. The molecule has 0 saturated carbocycles. The average molecular weight is 271 g/mol. The molecular formula is C15H17N3O2. The first-order chi connectivity index (χ1) is 9.77. The maximum atomic E-state index is 11.3. The zero-order valence-corrected chi connectivity index (χ0v) is 11.2. The van der Waals surface area contributed by atoms with E-state index in [4.69, 9.17) is 0 Å². The molecule has 0 atom stereocenters. The van der Waals surface area contributed by atoms with Crippen molar-refractivity contribution in [1.29, 1.82) is 0 Å². The molecular weight excluding hydrogens is 254 g/mol. The molecule has 1 aromatic heterocycles. The number of aromatic nitrogens is 1. The quantitative estimate of drug-likeness (QED) is 0.871. The zero-order valence-electron chi connectivity index (χ0n) is 11.2. The fourth-order valence-corrected chi connectivity index (χ4v) is 2.66. The van der Waals surface area contributed by atoms with Gasteiger partial charge in [-0.3, -0.25) is 0 Å². The van der Waals surface area contributed by atoms with E-state index in [1.54, 1.807) is 0 Å². The summed E-state index contributed by atoms with van der Waals surface area (Å²) in [5, 5.41) is 14.3. The first-order valence-electron chi connectivity index (χ1n) is 6.84. The van der Waals surface area contributed by atoms with Gasteiger partial charge < -0.3 is 15.3 Å². The van der Waals surface area contributed by atoms with Gasteiger partial charge in [0.1, 0.15) is 5.82 Å². The first kappa shape index (κ1) is 12.9. The lowest BCUT2D eigenvalue weighted by atomic mass is 10.1. The van der Waals surface area contributed by atoms with Crippen LogP contribution in [0.3, 0.4) is 0 Å². The minimum absolute atomic E-state index is 0.261. The predicted octanol–water partition coefficient (Wildman–Crippen LogP) is 1.73. The maximum Gasteiger partial charge on any atom is 0.337 e. The molecule has 1 aliphatic heterocycles. The average Bonchev–Trinajstić information content (AvgIpc) is 2.75. The number of anilines is 1. The summed E-state index contributed by atoms with van der Waals surface area (Å²) in [7, 11) is 0. The number of carbonyl (C=O) groups is 1. The Labute approximate surface area is 117 Å². The number of carboxylic acids is 1. The third-order valence-corrected chi connectivity index (χ3v) is 3.64. The molecule has 104 valence electrons. The molecule has 1 aliphatic rings. The normalized spacial score (nSPS) is 16.1. The number of aromatic carboxylic acids is 1. The van der Waals surface area contributed by atoms with Crippen molar-refractivity contribution in [2.75, 3.05) is 31.1 Å². The van der Waals surface area contributed by atoms with Crippen molar-refractivity contribution in [2.24, 2.45) is 0 Å². The van der Waals surface area contributed by atoms with Crippen molar-refractivity contribution in [3.05, 3.63) is 36.0 Å². The van der Waals surface area contributed by atoms with E-state index in [0.717, 1.165) is 49.2 Å². The summed E-state index contributed by atoms with van der Waals surface area (Å²) in [6.45, 7) is 3.78. The standard InChI is InChI=1S/C15H17N3O2/c19-15(20)13-10-17-14(12-5-2-1-4-11(12)13)18-8-3-6-16-7-9-18/h1-2,4-5,10,16H,3,6-9H2,(H,19,20). The second kappa shape index (κ2) is 5.46. The fraction of sp³-hybridized carbons (Fsp3) is 0.333. The molecule has 1 aromatic carbocycles. The van der Waals surface area contributed by atoms with Crippen LogP contribution < -0.4 is 10.2 Å². The van der Waals surface area contributed by atoms with Crippen molar-refractivity contribution in [2.45, 2.75) is 6.42 Å². The molecule has 0 spiro atoms. The molecule has 5 nitrogen and oxygen atoms in total. The van der Waals surface area contributed by atoms with Gasteiger partial charge in [0, 0.05) is 36.6 Å². The van der Waals surface area contributed by atoms with Gasteiger partial charge in [-0.2, -0.15) is 0 Å². The SMILES string of the molecule is O=C(O)c1cnc(N2CCCNCC2)c2ccccc12. The van der Waals surface area contributed by atoms with Gasteiger partial charge in [0.25, 0.3) is 0 Å². The summed E-state index contributed by atoms with van der Waals surface area (Å²) >= 11 is 0. The lowest BCUT2D eigenvalue weighted by Crippen LogP contribution is -2.28. The number of carboxylic acid groups (broad SMARTS) is 1. The van der Waals surface area contributed by atoms with Gasteiger partial charge in [-0.25, -0.2) is 9.78 Å². The van der Waals surface area contributed by atoms with Gasteiger partial charge in [0.2, 0.25) is 0 Å². The molecule has 20 heavy (non-hydrogen) atoms. The molecule has 1 fully saturated rings. The number of fused-ring (bicyclic) bond motifs is 1. The van der Waals surface area contributed by atoms with Crippen molar-refractivity contribution < 1.29 is 9.90 Å². The molecule has 5 heteroatoms. The third-order valence-electron chi connectivity index (χ3n) is 3.64. The predicted molar refractivity (Wildman–Crippen MR) is 78.4 cm³/mol. The van der Waals surface area contributed by atoms with Crippen molar-refractivity contribution in [1.82, 2.24) is 10.3 Å².